The minimum Gasteiger partial charge on any atom is -0.486 e. The lowest BCUT2D eigenvalue weighted by atomic mass is 10.1. The molecule has 0 bridgehead atoms. The van der Waals surface area contributed by atoms with E-state index in [1.54, 1.807) is 23.1 Å². The highest BCUT2D eigenvalue weighted by Crippen LogP contribution is 2.34. The molecular weight excluding hydrogens is 530 g/mol. The molecule has 1 atom stereocenters. The van der Waals surface area contributed by atoms with Gasteiger partial charge >= 0.3 is 0 Å². The molecule has 218 valence electrons. The Morgan fingerprint density at radius 3 is 2.38 bits per heavy atom. The normalized spacial score (nSPS) is 15.8. The number of nitrogens with zero attached hydrogens (tertiary/aromatic N) is 2. The summed E-state index contributed by atoms with van der Waals surface area (Å²) < 4.78 is 37.8. The predicted octanol–water partition coefficient (Wildman–Crippen LogP) is 3.91. The Labute approximate surface area is 237 Å². The quantitative estimate of drug-likeness (QED) is 0.391. The van der Waals surface area contributed by atoms with E-state index in [0.717, 1.165) is 37.5 Å². The van der Waals surface area contributed by atoms with E-state index in [1.807, 2.05) is 37.3 Å². The molecule has 0 radical (unpaired) electrons. The van der Waals surface area contributed by atoms with Gasteiger partial charge in [-0.2, -0.15) is 0 Å². The Bertz CT molecular complexity index is 1250. The number of sulfonamides is 1. The standard InChI is InChI=1S/C30H41N3O6S/c1-3-26(30(35)31-24-12-7-8-13-24)32(19-17-23-10-5-4-6-11-23)29(34)14-9-18-33(40(2,36)37)25-15-16-27-28(22-25)39-21-20-38-27/h4-6,10-11,15-16,22,24,26H,3,7-9,12-14,17-21H2,1-2H3,(H,31,35)/t26-/m1/s1. The first-order chi connectivity index (χ1) is 19.3. The lowest BCUT2D eigenvalue weighted by Crippen LogP contribution is -2.52. The Balaban J connectivity index is 1.45. The van der Waals surface area contributed by atoms with Gasteiger partial charge in [-0.15, -0.1) is 0 Å². The fourth-order valence-electron chi connectivity index (χ4n) is 5.45. The maximum atomic E-state index is 13.6. The number of benzene rings is 2. The summed E-state index contributed by atoms with van der Waals surface area (Å²) >= 11 is 0. The highest BCUT2D eigenvalue weighted by atomic mass is 32.2. The van der Waals surface area contributed by atoms with Gasteiger partial charge in [0.1, 0.15) is 19.3 Å². The fourth-order valence-corrected chi connectivity index (χ4v) is 6.41. The lowest BCUT2D eigenvalue weighted by Gasteiger charge is -2.32. The molecule has 0 saturated heterocycles. The first-order valence-corrected chi connectivity index (χ1v) is 16.1. The second-order valence-corrected chi connectivity index (χ2v) is 12.4. The highest BCUT2D eigenvalue weighted by Gasteiger charge is 2.30. The number of ether oxygens (including phenoxy) is 2. The van der Waals surface area contributed by atoms with Gasteiger partial charge in [0.15, 0.2) is 11.5 Å². The molecule has 10 heteroatoms. The molecule has 2 aromatic rings. The van der Waals surface area contributed by atoms with E-state index in [9.17, 15) is 18.0 Å². The first kappa shape index (κ1) is 29.7. The molecule has 4 rings (SSSR count). The Morgan fingerprint density at radius 1 is 1.00 bits per heavy atom. The molecule has 1 aliphatic carbocycles. The zero-order valence-electron chi connectivity index (χ0n) is 23.5. The predicted molar refractivity (Wildman–Crippen MR) is 155 cm³/mol. The molecule has 40 heavy (non-hydrogen) atoms. The van der Waals surface area contributed by atoms with Crippen LogP contribution in [0.5, 0.6) is 11.5 Å². The van der Waals surface area contributed by atoms with Crippen molar-refractivity contribution < 1.29 is 27.5 Å². The summed E-state index contributed by atoms with van der Waals surface area (Å²) in [5.74, 6) is 0.818. The molecule has 1 heterocycles. The average molecular weight is 572 g/mol. The van der Waals surface area contributed by atoms with Crippen LogP contribution in [-0.4, -0.2) is 69.8 Å². The van der Waals surface area contributed by atoms with Crippen LogP contribution in [-0.2, 0) is 26.0 Å². The Hall–Kier alpha value is -3.27. The van der Waals surface area contributed by atoms with Crippen molar-refractivity contribution in [1.29, 1.82) is 0 Å². The van der Waals surface area contributed by atoms with Crippen molar-refractivity contribution in [2.45, 2.75) is 70.4 Å². The van der Waals surface area contributed by atoms with Gasteiger partial charge in [-0.25, -0.2) is 8.42 Å². The third kappa shape index (κ3) is 7.90. The molecule has 0 spiro atoms. The van der Waals surface area contributed by atoms with Gasteiger partial charge in [-0.3, -0.25) is 13.9 Å². The summed E-state index contributed by atoms with van der Waals surface area (Å²) in [6, 6.07) is 14.5. The second-order valence-electron chi connectivity index (χ2n) is 10.5. The molecule has 0 unspecified atom stereocenters. The molecule has 2 aliphatic rings. The number of fused-ring (bicyclic) bond motifs is 1. The van der Waals surface area contributed by atoms with Gasteiger partial charge in [0.2, 0.25) is 21.8 Å². The van der Waals surface area contributed by atoms with Crippen molar-refractivity contribution in [3.63, 3.8) is 0 Å². The van der Waals surface area contributed by atoms with Gasteiger partial charge in [0.25, 0.3) is 0 Å². The summed E-state index contributed by atoms with van der Waals surface area (Å²) in [6.07, 6.45) is 6.89. The second kappa shape index (κ2) is 13.9. The summed E-state index contributed by atoms with van der Waals surface area (Å²) in [5, 5.41) is 3.16. The summed E-state index contributed by atoms with van der Waals surface area (Å²) in [4.78, 5) is 28.6. The third-order valence-electron chi connectivity index (χ3n) is 7.54. The molecule has 1 aliphatic heterocycles. The number of amides is 2. The van der Waals surface area contributed by atoms with Crippen LogP contribution in [0, 0.1) is 0 Å². The van der Waals surface area contributed by atoms with E-state index in [4.69, 9.17) is 9.47 Å². The van der Waals surface area contributed by atoms with Crippen LogP contribution in [0.15, 0.2) is 48.5 Å². The molecular formula is C30H41N3O6S. The molecule has 1 saturated carbocycles. The van der Waals surface area contributed by atoms with Crippen LogP contribution in [0.2, 0.25) is 0 Å². The summed E-state index contributed by atoms with van der Waals surface area (Å²) in [6.45, 7) is 3.31. The van der Waals surface area contributed by atoms with Crippen LogP contribution in [0.25, 0.3) is 0 Å². The van der Waals surface area contributed by atoms with Crippen molar-refractivity contribution >= 4 is 27.5 Å². The minimum absolute atomic E-state index is 0.107. The largest absolute Gasteiger partial charge is 0.486 e. The van der Waals surface area contributed by atoms with E-state index in [0.29, 0.717) is 56.2 Å². The van der Waals surface area contributed by atoms with Crippen molar-refractivity contribution in [1.82, 2.24) is 10.2 Å². The third-order valence-corrected chi connectivity index (χ3v) is 8.73. The smallest absolute Gasteiger partial charge is 0.243 e. The fraction of sp³-hybridized carbons (Fsp3) is 0.533. The van der Waals surface area contributed by atoms with Crippen molar-refractivity contribution in [2.75, 3.05) is 36.9 Å². The maximum Gasteiger partial charge on any atom is 0.243 e. The Kier molecular flexibility index (Phi) is 10.3. The zero-order chi connectivity index (χ0) is 28.5. The Morgan fingerprint density at radius 2 is 1.70 bits per heavy atom. The van der Waals surface area contributed by atoms with Crippen molar-refractivity contribution in [2.24, 2.45) is 0 Å². The van der Waals surface area contributed by atoms with Crippen LogP contribution in [0.1, 0.15) is 57.4 Å². The first-order valence-electron chi connectivity index (χ1n) is 14.3. The minimum atomic E-state index is -3.61. The van der Waals surface area contributed by atoms with E-state index >= 15 is 0 Å². The van der Waals surface area contributed by atoms with Gasteiger partial charge in [0.05, 0.1) is 11.9 Å². The number of rotatable bonds is 13. The molecule has 0 aromatic heterocycles. The maximum absolute atomic E-state index is 13.6. The van der Waals surface area contributed by atoms with E-state index in [2.05, 4.69) is 5.32 Å². The van der Waals surface area contributed by atoms with E-state index < -0.39 is 16.1 Å². The van der Waals surface area contributed by atoms with Crippen LogP contribution in [0.3, 0.4) is 0 Å². The SMILES string of the molecule is CC[C@H](C(=O)NC1CCCC1)N(CCc1ccccc1)C(=O)CCCN(c1ccc2c(c1)OCCO2)S(C)(=O)=O. The summed E-state index contributed by atoms with van der Waals surface area (Å²) in [5.41, 5.74) is 1.55. The molecule has 2 amide bonds. The van der Waals surface area contributed by atoms with Gasteiger partial charge < -0.3 is 19.7 Å². The molecule has 9 nitrogen and oxygen atoms in total. The highest BCUT2D eigenvalue weighted by molar-refractivity contribution is 7.92. The van der Waals surface area contributed by atoms with Gasteiger partial charge in [-0.1, -0.05) is 50.1 Å². The molecule has 1 N–H and O–H groups in total. The number of nitrogens with one attached hydrogen (secondary N) is 1. The molecule has 2 aromatic carbocycles. The van der Waals surface area contributed by atoms with Gasteiger partial charge in [-0.05, 0) is 49.8 Å². The van der Waals surface area contributed by atoms with E-state index in [-0.39, 0.29) is 30.8 Å². The van der Waals surface area contributed by atoms with E-state index in [1.165, 1.54) is 4.31 Å². The zero-order valence-corrected chi connectivity index (χ0v) is 24.3. The number of carbonyl (C=O) groups excluding carboxylic acids is 2. The van der Waals surface area contributed by atoms with Crippen LogP contribution >= 0.6 is 0 Å². The van der Waals surface area contributed by atoms with Crippen LogP contribution < -0.4 is 19.1 Å². The monoisotopic (exact) mass is 571 g/mol. The van der Waals surface area contributed by atoms with Crippen molar-refractivity contribution in [3.05, 3.63) is 54.1 Å². The molecule has 1 fully saturated rings. The van der Waals surface area contributed by atoms with Gasteiger partial charge in [0, 0.05) is 31.6 Å². The van der Waals surface area contributed by atoms with Crippen LogP contribution in [0.4, 0.5) is 5.69 Å². The number of carbonyl (C=O) groups is 2. The average Bonchev–Trinajstić information content (AvgIpc) is 3.45. The summed E-state index contributed by atoms with van der Waals surface area (Å²) in [7, 11) is -3.61. The van der Waals surface area contributed by atoms with Crippen molar-refractivity contribution in [3.8, 4) is 11.5 Å². The number of hydrogen-bond acceptors (Lipinski definition) is 6. The number of anilines is 1. The number of hydrogen-bond donors (Lipinski definition) is 1. The topological polar surface area (TPSA) is 105 Å². The lowest BCUT2D eigenvalue weighted by molar-refractivity contribution is -0.141.